The fraction of sp³-hybridized carbons (Fsp3) is 0.333. The number of aryl methyl sites for hydroxylation is 2. The lowest BCUT2D eigenvalue weighted by molar-refractivity contribution is -0.140. The Bertz CT molecular complexity index is 806. The second-order valence-electron chi connectivity index (χ2n) is 6.17. The Kier molecular flexibility index (Phi) is 4.68. The van der Waals surface area contributed by atoms with Crippen molar-refractivity contribution in [2.75, 3.05) is 0 Å². The van der Waals surface area contributed by atoms with Crippen molar-refractivity contribution < 1.29 is 36.6 Å². The fourth-order valence-corrected chi connectivity index (χ4v) is 3.00. The summed E-state index contributed by atoms with van der Waals surface area (Å²) in [5, 5.41) is 19.7. The number of alkyl halides is 6. The Morgan fingerprint density at radius 1 is 0.615 bits per heavy atom. The molecule has 142 valence electrons. The molecule has 0 bridgehead atoms. The number of aromatic hydroxyl groups is 2. The molecule has 0 heterocycles. The average Bonchev–Trinajstić information content (AvgIpc) is 2.43. The normalized spacial score (nSPS) is 12.5. The SMILES string of the molecule is Cc1cc(O)c(C(F)(F)F)c(-c2c(C)c(C)cc(O)c2C(F)(F)F)c1C. The van der Waals surface area contributed by atoms with E-state index in [0.29, 0.717) is 0 Å². The Hall–Kier alpha value is -2.38. The van der Waals surface area contributed by atoms with Crippen LogP contribution < -0.4 is 0 Å². The van der Waals surface area contributed by atoms with Gasteiger partial charge in [0.25, 0.3) is 0 Å². The lowest BCUT2D eigenvalue weighted by Gasteiger charge is -2.24. The van der Waals surface area contributed by atoms with Gasteiger partial charge in [-0.1, -0.05) is 0 Å². The second-order valence-corrected chi connectivity index (χ2v) is 6.17. The molecule has 0 radical (unpaired) electrons. The molecule has 0 amide bonds. The predicted molar refractivity (Wildman–Crippen MR) is 84.2 cm³/mol. The third-order valence-corrected chi connectivity index (χ3v) is 4.47. The number of phenols is 2. The summed E-state index contributed by atoms with van der Waals surface area (Å²) in [6, 6.07) is 1.72. The van der Waals surface area contributed by atoms with Crippen molar-refractivity contribution in [3.8, 4) is 22.6 Å². The van der Waals surface area contributed by atoms with Gasteiger partial charge in [0.05, 0.1) is 0 Å². The molecule has 2 nitrogen and oxygen atoms in total. The minimum Gasteiger partial charge on any atom is -0.507 e. The predicted octanol–water partition coefficient (Wildman–Crippen LogP) is 6.04. The summed E-state index contributed by atoms with van der Waals surface area (Å²) in [7, 11) is 0. The first-order valence-corrected chi connectivity index (χ1v) is 7.49. The highest BCUT2D eigenvalue weighted by Crippen LogP contribution is 2.51. The van der Waals surface area contributed by atoms with Crippen LogP contribution in [0.15, 0.2) is 12.1 Å². The van der Waals surface area contributed by atoms with E-state index in [0.717, 1.165) is 12.1 Å². The molecule has 0 unspecified atom stereocenters. The van der Waals surface area contributed by atoms with E-state index >= 15 is 0 Å². The molecule has 0 spiro atoms. The summed E-state index contributed by atoms with van der Waals surface area (Å²) in [6.07, 6.45) is -10.2. The Morgan fingerprint density at radius 2 is 0.885 bits per heavy atom. The zero-order valence-corrected chi connectivity index (χ0v) is 14.3. The minimum absolute atomic E-state index is 0.0614. The van der Waals surface area contributed by atoms with Gasteiger partial charge in [0.1, 0.15) is 22.6 Å². The molecule has 0 aliphatic heterocycles. The molecule has 26 heavy (non-hydrogen) atoms. The molecule has 8 heteroatoms. The maximum atomic E-state index is 13.6. The molecular weight excluding hydrogens is 362 g/mol. The van der Waals surface area contributed by atoms with Crippen LogP contribution in [-0.2, 0) is 12.4 Å². The zero-order valence-electron chi connectivity index (χ0n) is 14.3. The maximum Gasteiger partial charge on any atom is 0.420 e. The summed E-state index contributed by atoms with van der Waals surface area (Å²) >= 11 is 0. The topological polar surface area (TPSA) is 40.5 Å². The molecule has 0 saturated heterocycles. The molecule has 0 fully saturated rings. The maximum absolute atomic E-state index is 13.6. The number of rotatable bonds is 1. The van der Waals surface area contributed by atoms with E-state index in [-0.39, 0.29) is 22.3 Å². The van der Waals surface area contributed by atoms with Gasteiger partial charge >= 0.3 is 12.4 Å². The van der Waals surface area contributed by atoms with Gasteiger partial charge in [-0.05, 0) is 62.1 Å². The quantitative estimate of drug-likeness (QED) is 0.595. The van der Waals surface area contributed by atoms with Crippen molar-refractivity contribution in [2.24, 2.45) is 0 Å². The van der Waals surface area contributed by atoms with Gasteiger partial charge in [-0.25, -0.2) is 0 Å². The van der Waals surface area contributed by atoms with Gasteiger partial charge in [0.2, 0.25) is 0 Å². The largest absolute Gasteiger partial charge is 0.507 e. The number of halogens is 6. The highest BCUT2D eigenvalue weighted by molar-refractivity contribution is 5.83. The molecule has 2 N–H and O–H groups in total. The summed E-state index contributed by atoms with van der Waals surface area (Å²) in [5.41, 5.74) is -4.41. The van der Waals surface area contributed by atoms with Crippen LogP contribution in [0.5, 0.6) is 11.5 Å². The molecule has 2 rings (SSSR count). The molecule has 0 atom stereocenters. The van der Waals surface area contributed by atoms with Gasteiger partial charge in [-0.15, -0.1) is 0 Å². The lowest BCUT2D eigenvalue weighted by atomic mass is 9.84. The first-order valence-electron chi connectivity index (χ1n) is 7.49. The van der Waals surface area contributed by atoms with E-state index < -0.39 is 46.1 Å². The second kappa shape index (κ2) is 6.10. The first kappa shape index (κ1) is 19.9. The number of benzene rings is 2. The van der Waals surface area contributed by atoms with E-state index in [1.165, 1.54) is 27.7 Å². The van der Waals surface area contributed by atoms with Gasteiger partial charge in [0, 0.05) is 11.1 Å². The molecule has 0 aliphatic rings. The van der Waals surface area contributed by atoms with Gasteiger partial charge in [-0.3, -0.25) is 0 Å². The van der Waals surface area contributed by atoms with Crippen LogP contribution in [0, 0.1) is 27.7 Å². The standard InChI is InChI=1S/C18H16F6O2/c1-7-5-11(25)15(17(19,20)21)13(9(7)3)14-10(4)8(2)6-12(26)16(14)18(22,23)24/h5-6,25-26H,1-4H3. The van der Waals surface area contributed by atoms with Crippen LogP contribution in [0.2, 0.25) is 0 Å². The molecule has 2 aromatic rings. The van der Waals surface area contributed by atoms with E-state index in [9.17, 15) is 36.6 Å². The van der Waals surface area contributed by atoms with E-state index in [1.54, 1.807) is 0 Å². The van der Waals surface area contributed by atoms with Crippen LogP contribution in [0.3, 0.4) is 0 Å². The van der Waals surface area contributed by atoms with Crippen molar-refractivity contribution in [1.82, 2.24) is 0 Å². The molecular formula is C18H16F6O2. The molecule has 0 aromatic heterocycles. The Labute approximate surface area is 145 Å². The van der Waals surface area contributed by atoms with Crippen LogP contribution in [0.4, 0.5) is 26.3 Å². The summed E-state index contributed by atoms with van der Waals surface area (Å²) in [4.78, 5) is 0. The van der Waals surface area contributed by atoms with Crippen molar-refractivity contribution in [3.63, 3.8) is 0 Å². The summed E-state index contributed by atoms with van der Waals surface area (Å²) < 4.78 is 81.4. The summed E-state index contributed by atoms with van der Waals surface area (Å²) in [5.74, 6) is -2.33. The van der Waals surface area contributed by atoms with E-state index in [4.69, 9.17) is 0 Å². The number of phenolic OH excluding ortho intramolecular Hbond substituents is 2. The number of hydrogen-bond acceptors (Lipinski definition) is 2. The van der Waals surface area contributed by atoms with Crippen LogP contribution in [0.1, 0.15) is 33.4 Å². The third kappa shape index (κ3) is 3.20. The fourth-order valence-electron chi connectivity index (χ4n) is 3.00. The smallest absolute Gasteiger partial charge is 0.420 e. The van der Waals surface area contributed by atoms with Crippen LogP contribution in [0.25, 0.3) is 11.1 Å². The highest BCUT2D eigenvalue weighted by atomic mass is 19.4. The van der Waals surface area contributed by atoms with Crippen molar-refractivity contribution in [2.45, 2.75) is 40.0 Å². The number of hydrogen-bond donors (Lipinski definition) is 2. The Balaban J connectivity index is 3.17. The van der Waals surface area contributed by atoms with Crippen LogP contribution >= 0.6 is 0 Å². The van der Waals surface area contributed by atoms with Crippen LogP contribution in [-0.4, -0.2) is 10.2 Å². The van der Waals surface area contributed by atoms with Crippen molar-refractivity contribution in [3.05, 3.63) is 45.5 Å². The molecule has 2 aromatic carbocycles. The average molecular weight is 378 g/mol. The minimum atomic E-state index is -5.09. The Morgan fingerprint density at radius 3 is 1.12 bits per heavy atom. The van der Waals surface area contributed by atoms with Crippen molar-refractivity contribution in [1.29, 1.82) is 0 Å². The third-order valence-electron chi connectivity index (χ3n) is 4.47. The van der Waals surface area contributed by atoms with Gasteiger partial charge < -0.3 is 10.2 Å². The highest BCUT2D eigenvalue weighted by Gasteiger charge is 2.43. The van der Waals surface area contributed by atoms with Gasteiger partial charge in [-0.2, -0.15) is 26.3 Å². The lowest BCUT2D eigenvalue weighted by Crippen LogP contribution is -2.15. The van der Waals surface area contributed by atoms with Gasteiger partial charge in [0.15, 0.2) is 0 Å². The van der Waals surface area contributed by atoms with E-state index in [2.05, 4.69) is 0 Å². The monoisotopic (exact) mass is 378 g/mol. The first-order chi connectivity index (χ1) is 11.7. The molecule has 0 aliphatic carbocycles. The molecule has 0 saturated carbocycles. The zero-order chi connectivity index (χ0) is 20.2. The van der Waals surface area contributed by atoms with E-state index in [1.807, 2.05) is 0 Å². The van der Waals surface area contributed by atoms with Crippen molar-refractivity contribution >= 4 is 0 Å². The summed E-state index contributed by atoms with van der Waals surface area (Å²) in [6.45, 7) is 5.27.